The van der Waals surface area contributed by atoms with Crippen molar-refractivity contribution in [3.63, 3.8) is 0 Å². The number of hydrogen-bond acceptors (Lipinski definition) is 2. The highest BCUT2D eigenvalue weighted by molar-refractivity contribution is 5.55. The van der Waals surface area contributed by atoms with Crippen molar-refractivity contribution in [2.24, 2.45) is 0 Å². The molecular formula is C31H14F14O2. The van der Waals surface area contributed by atoms with Crippen LogP contribution in [0.4, 0.5) is 61.5 Å². The van der Waals surface area contributed by atoms with E-state index in [1.165, 1.54) is 0 Å². The number of alkyl halides is 6. The van der Waals surface area contributed by atoms with Gasteiger partial charge in [0.15, 0.2) is 34.9 Å². The summed E-state index contributed by atoms with van der Waals surface area (Å²) in [4.78, 5) is 0. The molecule has 2 nitrogen and oxygen atoms in total. The van der Waals surface area contributed by atoms with E-state index in [0.29, 0.717) is 36.4 Å². The topological polar surface area (TPSA) is 18.5 Å². The minimum atomic E-state index is -6.16. The molecule has 0 unspecified atom stereocenters. The highest BCUT2D eigenvalue weighted by Crippen LogP contribution is 2.56. The van der Waals surface area contributed by atoms with Crippen molar-refractivity contribution in [2.75, 3.05) is 0 Å². The van der Waals surface area contributed by atoms with E-state index in [0.717, 1.165) is 0 Å². The zero-order valence-corrected chi connectivity index (χ0v) is 22.8. The highest BCUT2D eigenvalue weighted by atomic mass is 19.4. The summed E-state index contributed by atoms with van der Waals surface area (Å²) >= 11 is 0. The van der Waals surface area contributed by atoms with Crippen LogP contribution < -0.4 is 9.47 Å². The summed E-state index contributed by atoms with van der Waals surface area (Å²) < 4.78 is 209. The van der Waals surface area contributed by atoms with Crippen LogP contribution in [0.5, 0.6) is 23.0 Å². The number of benzene rings is 4. The zero-order valence-electron chi connectivity index (χ0n) is 22.8. The van der Waals surface area contributed by atoms with Crippen molar-refractivity contribution in [2.45, 2.75) is 17.8 Å². The molecule has 0 radical (unpaired) electrons. The molecule has 4 aromatic carbocycles. The molecule has 0 bridgehead atoms. The van der Waals surface area contributed by atoms with Crippen LogP contribution >= 0.6 is 0 Å². The van der Waals surface area contributed by atoms with Crippen molar-refractivity contribution in [1.82, 2.24) is 0 Å². The Morgan fingerprint density at radius 1 is 0.426 bits per heavy atom. The fourth-order valence-electron chi connectivity index (χ4n) is 4.56. The third-order valence-electron chi connectivity index (χ3n) is 6.79. The van der Waals surface area contributed by atoms with Gasteiger partial charge in [-0.15, -0.1) is 0 Å². The van der Waals surface area contributed by atoms with Crippen molar-refractivity contribution in [3.8, 4) is 23.0 Å². The largest absolute Gasteiger partial charge is 0.451 e. The van der Waals surface area contributed by atoms with Gasteiger partial charge in [0, 0.05) is 0 Å². The van der Waals surface area contributed by atoms with E-state index < -0.39 is 110 Å². The predicted molar refractivity (Wildman–Crippen MR) is 139 cm³/mol. The monoisotopic (exact) mass is 684 g/mol. The Bertz CT molecular complexity index is 1720. The van der Waals surface area contributed by atoms with Crippen LogP contribution in [0.15, 0.2) is 61.7 Å². The molecule has 4 rings (SSSR count). The lowest BCUT2D eigenvalue weighted by atomic mass is 9.73. The first-order valence-corrected chi connectivity index (χ1v) is 12.5. The van der Waals surface area contributed by atoms with Gasteiger partial charge >= 0.3 is 12.4 Å². The Morgan fingerprint density at radius 3 is 0.979 bits per heavy atom. The summed E-state index contributed by atoms with van der Waals surface area (Å²) in [6.45, 7) is 6.04. The Labute approximate surface area is 254 Å². The molecular weight excluding hydrogens is 670 g/mol. The Hall–Kier alpha value is -5.02. The average molecular weight is 684 g/mol. The third-order valence-corrected chi connectivity index (χ3v) is 6.79. The maximum Gasteiger partial charge on any atom is 0.411 e. The van der Waals surface area contributed by atoms with Gasteiger partial charge in [-0.3, -0.25) is 0 Å². The lowest BCUT2D eigenvalue weighted by molar-refractivity contribution is -0.288. The summed E-state index contributed by atoms with van der Waals surface area (Å²) in [5, 5.41) is 0. The second kappa shape index (κ2) is 12.3. The molecule has 248 valence electrons. The van der Waals surface area contributed by atoms with Crippen LogP contribution in [0.3, 0.4) is 0 Å². The molecule has 0 saturated heterocycles. The molecule has 0 aliphatic heterocycles. The molecule has 0 heterocycles. The molecule has 0 spiro atoms. The van der Waals surface area contributed by atoms with Crippen LogP contribution in [-0.2, 0) is 5.41 Å². The fourth-order valence-corrected chi connectivity index (χ4v) is 4.56. The maximum atomic E-state index is 14.5. The van der Waals surface area contributed by atoms with Gasteiger partial charge in [-0.25, -0.2) is 26.3 Å². The van der Waals surface area contributed by atoms with Crippen LogP contribution in [0, 0.1) is 46.5 Å². The SMILES string of the molecule is C=Cc1c(F)c(F)c(F)c(Oc2ccc(C(c3ccc(Oc4c(F)c(F)c(F)c(C=C)c4F)cc3)(C(F)(F)F)C(F)(F)F)cc2)c1F. The van der Waals surface area contributed by atoms with E-state index in [2.05, 4.69) is 13.2 Å². The molecule has 0 aliphatic carbocycles. The number of hydrogen-bond donors (Lipinski definition) is 0. The molecule has 47 heavy (non-hydrogen) atoms. The van der Waals surface area contributed by atoms with E-state index in [1.54, 1.807) is 0 Å². The molecule has 4 aromatic rings. The highest BCUT2D eigenvalue weighted by Gasteiger charge is 2.72. The number of halogens is 14. The van der Waals surface area contributed by atoms with E-state index in [4.69, 9.17) is 9.47 Å². The number of ether oxygens (including phenoxy) is 2. The Kier molecular flexibility index (Phi) is 9.12. The minimum Gasteiger partial charge on any atom is -0.451 e. The van der Waals surface area contributed by atoms with E-state index >= 15 is 0 Å². The quantitative estimate of drug-likeness (QED) is 0.105. The molecule has 0 aliphatic rings. The zero-order chi connectivity index (χ0) is 35.2. The molecule has 0 atom stereocenters. The van der Waals surface area contributed by atoms with Crippen LogP contribution in [0.1, 0.15) is 22.3 Å². The number of rotatable bonds is 8. The molecule has 0 N–H and O–H groups in total. The molecule has 0 amide bonds. The molecule has 0 aromatic heterocycles. The summed E-state index contributed by atoms with van der Waals surface area (Å²) in [6.07, 6.45) is -11.4. The lowest BCUT2D eigenvalue weighted by Gasteiger charge is -2.38. The van der Waals surface area contributed by atoms with Crippen molar-refractivity contribution in [3.05, 3.63) is 130 Å². The molecule has 0 fully saturated rings. The van der Waals surface area contributed by atoms with Crippen molar-refractivity contribution in [1.29, 1.82) is 0 Å². The van der Waals surface area contributed by atoms with Crippen LogP contribution in [0.2, 0.25) is 0 Å². The van der Waals surface area contributed by atoms with Gasteiger partial charge in [0.05, 0.1) is 11.1 Å². The van der Waals surface area contributed by atoms with Gasteiger partial charge in [-0.2, -0.15) is 35.1 Å². The molecule has 16 heteroatoms. The van der Waals surface area contributed by atoms with Gasteiger partial charge in [0.2, 0.25) is 28.5 Å². The summed E-state index contributed by atoms with van der Waals surface area (Å²) in [7, 11) is 0. The maximum absolute atomic E-state index is 14.5. The fraction of sp³-hybridized carbons (Fsp3) is 0.0968. The summed E-state index contributed by atoms with van der Waals surface area (Å²) in [6, 6.07) is 2.64. The van der Waals surface area contributed by atoms with Crippen LogP contribution in [0.25, 0.3) is 12.2 Å². The van der Waals surface area contributed by atoms with E-state index in [9.17, 15) is 61.5 Å². The first-order chi connectivity index (χ1) is 21.8. The normalized spacial score (nSPS) is 12.2. The van der Waals surface area contributed by atoms with Gasteiger partial charge in [0.1, 0.15) is 11.5 Å². The first-order valence-electron chi connectivity index (χ1n) is 12.5. The first kappa shape index (κ1) is 34.8. The summed E-state index contributed by atoms with van der Waals surface area (Å²) in [5.74, 6) is -21.1. The van der Waals surface area contributed by atoms with Gasteiger partial charge in [-0.05, 0) is 35.4 Å². The van der Waals surface area contributed by atoms with Gasteiger partial charge in [0.25, 0.3) is 0 Å². The third kappa shape index (κ3) is 5.65. The van der Waals surface area contributed by atoms with Crippen LogP contribution in [-0.4, -0.2) is 12.4 Å². The van der Waals surface area contributed by atoms with Gasteiger partial charge < -0.3 is 9.47 Å². The Balaban J connectivity index is 1.79. The second-order valence-electron chi connectivity index (χ2n) is 9.40. The molecule has 0 saturated carbocycles. The standard InChI is InChI=1S/C31H14F14O2/c1-3-17-19(32)23(36)25(38)27(21(17)34)46-15-9-5-13(6-10-15)29(30(40,41)42,31(43,44)45)14-7-11-16(12-8-14)47-28-22(35)18(4-2)20(33)24(37)26(28)39/h3-12H,1-2H2. The van der Waals surface area contributed by atoms with Gasteiger partial charge in [-0.1, -0.05) is 49.6 Å². The van der Waals surface area contributed by atoms with E-state index in [-0.39, 0.29) is 24.3 Å². The average Bonchev–Trinajstić information content (AvgIpc) is 3.00. The lowest BCUT2D eigenvalue weighted by Crippen LogP contribution is -2.54. The smallest absolute Gasteiger partial charge is 0.411 e. The van der Waals surface area contributed by atoms with Crippen molar-refractivity contribution < 1.29 is 70.9 Å². The van der Waals surface area contributed by atoms with Crippen molar-refractivity contribution >= 4 is 12.2 Å². The minimum absolute atomic E-state index is 0.230. The Morgan fingerprint density at radius 2 is 0.723 bits per heavy atom. The second-order valence-corrected chi connectivity index (χ2v) is 9.40. The predicted octanol–water partition coefficient (Wildman–Crippen LogP) is 11.1. The summed E-state index contributed by atoms with van der Waals surface area (Å²) in [5.41, 5.74) is -10.2. The van der Waals surface area contributed by atoms with E-state index in [1.807, 2.05) is 0 Å².